The van der Waals surface area contributed by atoms with E-state index < -0.39 is 0 Å². The van der Waals surface area contributed by atoms with Crippen LogP contribution < -0.4 is 5.32 Å². The molecule has 1 aliphatic rings. The van der Waals surface area contributed by atoms with Crippen molar-refractivity contribution in [1.29, 1.82) is 0 Å². The molecule has 0 bridgehead atoms. The van der Waals surface area contributed by atoms with Gasteiger partial charge in [-0.3, -0.25) is 4.90 Å². The lowest BCUT2D eigenvalue weighted by Crippen LogP contribution is -2.62. The molecule has 112 valence electrons. The highest BCUT2D eigenvalue weighted by Crippen LogP contribution is 2.23. The summed E-state index contributed by atoms with van der Waals surface area (Å²) in [6.45, 7) is 14.8. The average Bonchev–Trinajstić information content (AvgIpc) is 2.38. The van der Waals surface area contributed by atoms with Crippen molar-refractivity contribution in [2.75, 3.05) is 13.1 Å². The Morgan fingerprint density at radius 2 is 1.90 bits per heavy atom. The molecule has 1 heterocycles. The van der Waals surface area contributed by atoms with Crippen LogP contribution in [0, 0.1) is 5.92 Å². The van der Waals surface area contributed by atoms with E-state index in [1.54, 1.807) is 0 Å². The van der Waals surface area contributed by atoms with Gasteiger partial charge in [-0.1, -0.05) is 45.0 Å². The molecule has 20 heavy (non-hydrogen) atoms. The first-order valence-electron chi connectivity index (χ1n) is 7.99. The minimum atomic E-state index is 0.215. The van der Waals surface area contributed by atoms with Gasteiger partial charge in [0.15, 0.2) is 0 Å². The van der Waals surface area contributed by atoms with Crippen LogP contribution in [0.4, 0.5) is 0 Å². The van der Waals surface area contributed by atoms with Crippen LogP contribution in [0.5, 0.6) is 0 Å². The van der Waals surface area contributed by atoms with E-state index in [4.69, 9.17) is 0 Å². The number of nitrogens with one attached hydrogen (secondary N) is 1. The largest absolute Gasteiger partial charge is 0.309 e. The van der Waals surface area contributed by atoms with Crippen molar-refractivity contribution >= 4 is 0 Å². The predicted octanol–water partition coefficient (Wildman–Crippen LogP) is 3.46. The third-order valence-electron chi connectivity index (χ3n) is 4.50. The van der Waals surface area contributed by atoms with Crippen LogP contribution in [0.3, 0.4) is 0 Å². The zero-order valence-corrected chi connectivity index (χ0v) is 13.7. The normalized spacial score (nSPS) is 23.2. The number of nitrogens with zero attached hydrogens (tertiary/aromatic N) is 1. The molecule has 1 aromatic rings. The Balaban J connectivity index is 2.18. The van der Waals surface area contributed by atoms with E-state index in [1.807, 2.05) is 0 Å². The molecule has 1 N–H and O–H groups in total. The second kappa shape index (κ2) is 6.28. The molecular weight excluding hydrogens is 244 g/mol. The summed E-state index contributed by atoms with van der Waals surface area (Å²) >= 11 is 0. The van der Waals surface area contributed by atoms with Crippen molar-refractivity contribution in [2.24, 2.45) is 5.92 Å². The molecule has 1 atom stereocenters. The molecule has 2 heteroatoms. The number of rotatable bonds is 4. The molecular formula is C18H30N2. The fourth-order valence-electron chi connectivity index (χ4n) is 3.30. The van der Waals surface area contributed by atoms with E-state index in [-0.39, 0.29) is 5.54 Å². The van der Waals surface area contributed by atoms with Crippen molar-refractivity contribution in [3.8, 4) is 0 Å². The molecule has 2 rings (SSSR count). The molecule has 0 radical (unpaired) electrons. The Kier molecular flexibility index (Phi) is 4.87. The van der Waals surface area contributed by atoms with Crippen molar-refractivity contribution in [2.45, 2.75) is 59.2 Å². The van der Waals surface area contributed by atoms with Crippen molar-refractivity contribution in [3.63, 3.8) is 0 Å². The Bertz CT molecular complexity index is 437. The van der Waals surface area contributed by atoms with E-state index in [9.17, 15) is 0 Å². The van der Waals surface area contributed by atoms with Gasteiger partial charge >= 0.3 is 0 Å². The minimum absolute atomic E-state index is 0.215. The van der Waals surface area contributed by atoms with Crippen molar-refractivity contribution in [1.82, 2.24) is 10.2 Å². The van der Waals surface area contributed by atoms with Crippen LogP contribution in [0.2, 0.25) is 0 Å². The molecule has 1 unspecified atom stereocenters. The second-order valence-electron chi connectivity index (χ2n) is 7.10. The zero-order valence-electron chi connectivity index (χ0n) is 13.7. The topological polar surface area (TPSA) is 15.3 Å². The quantitative estimate of drug-likeness (QED) is 0.904. The Hall–Kier alpha value is -0.860. The van der Waals surface area contributed by atoms with E-state index in [2.05, 4.69) is 69.1 Å². The number of piperazine rings is 1. The van der Waals surface area contributed by atoms with Gasteiger partial charge in [-0.15, -0.1) is 0 Å². The zero-order chi connectivity index (χ0) is 14.8. The summed E-state index contributed by atoms with van der Waals surface area (Å²) in [5, 5.41) is 3.69. The Morgan fingerprint density at radius 3 is 2.50 bits per heavy atom. The number of hydrogen-bond donors (Lipinski definition) is 1. The number of hydrogen-bond acceptors (Lipinski definition) is 2. The van der Waals surface area contributed by atoms with Crippen molar-refractivity contribution in [3.05, 3.63) is 35.4 Å². The minimum Gasteiger partial charge on any atom is -0.309 e. The SMILES string of the molecule is CCc1ccccc1CN1CC(C)(C)NCC1C(C)C. The fourth-order valence-corrected chi connectivity index (χ4v) is 3.30. The third-order valence-corrected chi connectivity index (χ3v) is 4.50. The van der Waals surface area contributed by atoms with E-state index in [0.29, 0.717) is 12.0 Å². The van der Waals surface area contributed by atoms with Gasteiger partial charge in [0.1, 0.15) is 0 Å². The summed E-state index contributed by atoms with van der Waals surface area (Å²) < 4.78 is 0. The summed E-state index contributed by atoms with van der Waals surface area (Å²) in [4.78, 5) is 2.68. The van der Waals surface area contributed by atoms with Gasteiger partial charge in [0.05, 0.1) is 0 Å². The maximum atomic E-state index is 3.69. The molecule has 0 aliphatic carbocycles. The van der Waals surface area contributed by atoms with Crippen LogP contribution in [-0.4, -0.2) is 29.6 Å². The average molecular weight is 274 g/mol. The molecule has 1 fully saturated rings. The first kappa shape index (κ1) is 15.5. The summed E-state index contributed by atoms with van der Waals surface area (Å²) in [6, 6.07) is 9.53. The lowest BCUT2D eigenvalue weighted by Gasteiger charge is -2.46. The Morgan fingerprint density at radius 1 is 1.25 bits per heavy atom. The monoisotopic (exact) mass is 274 g/mol. The van der Waals surface area contributed by atoms with Gasteiger partial charge in [-0.05, 0) is 37.3 Å². The number of benzene rings is 1. The molecule has 1 saturated heterocycles. The maximum Gasteiger partial charge on any atom is 0.0253 e. The summed E-state index contributed by atoms with van der Waals surface area (Å²) in [6.07, 6.45) is 1.12. The van der Waals surface area contributed by atoms with E-state index in [1.165, 1.54) is 11.1 Å². The number of aryl methyl sites for hydroxylation is 1. The maximum absolute atomic E-state index is 3.69. The molecule has 0 spiro atoms. The van der Waals surface area contributed by atoms with Crippen LogP contribution in [0.25, 0.3) is 0 Å². The third kappa shape index (κ3) is 3.62. The molecule has 0 amide bonds. The van der Waals surface area contributed by atoms with Gasteiger partial charge < -0.3 is 5.32 Å². The predicted molar refractivity (Wildman–Crippen MR) is 86.9 cm³/mol. The molecule has 2 nitrogen and oxygen atoms in total. The highest BCUT2D eigenvalue weighted by atomic mass is 15.2. The van der Waals surface area contributed by atoms with Crippen LogP contribution in [0.1, 0.15) is 45.7 Å². The molecule has 1 aromatic carbocycles. The lowest BCUT2D eigenvalue weighted by molar-refractivity contribution is 0.0625. The van der Waals surface area contributed by atoms with Gasteiger partial charge in [-0.25, -0.2) is 0 Å². The van der Waals surface area contributed by atoms with Crippen LogP contribution >= 0.6 is 0 Å². The summed E-state index contributed by atoms with van der Waals surface area (Å²) in [5.74, 6) is 0.687. The molecule has 1 aliphatic heterocycles. The first-order valence-corrected chi connectivity index (χ1v) is 7.99. The highest BCUT2D eigenvalue weighted by molar-refractivity contribution is 5.27. The highest BCUT2D eigenvalue weighted by Gasteiger charge is 2.33. The second-order valence-corrected chi connectivity index (χ2v) is 7.10. The first-order chi connectivity index (χ1) is 9.43. The Labute approximate surface area is 124 Å². The van der Waals surface area contributed by atoms with E-state index in [0.717, 1.165) is 26.1 Å². The van der Waals surface area contributed by atoms with Gasteiger partial charge in [0.2, 0.25) is 0 Å². The molecule has 0 aromatic heterocycles. The summed E-state index contributed by atoms with van der Waals surface area (Å²) in [7, 11) is 0. The van der Waals surface area contributed by atoms with Crippen molar-refractivity contribution < 1.29 is 0 Å². The lowest BCUT2D eigenvalue weighted by atomic mass is 9.92. The van der Waals surface area contributed by atoms with Gasteiger partial charge in [0.25, 0.3) is 0 Å². The smallest absolute Gasteiger partial charge is 0.0253 e. The van der Waals surface area contributed by atoms with Gasteiger partial charge in [-0.2, -0.15) is 0 Å². The van der Waals surface area contributed by atoms with E-state index >= 15 is 0 Å². The fraction of sp³-hybridized carbons (Fsp3) is 0.667. The van der Waals surface area contributed by atoms with Crippen LogP contribution in [0.15, 0.2) is 24.3 Å². The van der Waals surface area contributed by atoms with Gasteiger partial charge in [0, 0.05) is 31.2 Å². The molecule has 0 saturated carbocycles. The standard InChI is InChI=1S/C18H30N2/c1-6-15-9-7-8-10-16(15)12-20-13-18(4,5)19-11-17(20)14(2)3/h7-10,14,17,19H,6,11-13H2,1-5H3. The summed E-state index contributed by atoms with van der Waals surface area (Å²) in [5.41, 5.74) is 3.21. The van der Waals surface area contributed by atoms with Crippen LogP contribution in [-0.2, 0) is 13.0 Å².